The highest BCUT2D eigenvalue weighted by Crippen LogP contribution is 2.36. The number of carbonyl (C=O) groups is 2. The maximum atomic E-state index is 12.4. The molecule has 2 amide bonds. The van der Waals surface area contributed by atoms with Gasteiger partial charge in [-0.2, -0.15) is 0 Å². The third-order valence-corrected chi connectivity index (χ3v) is 4.68. The van der Waals surface area contributed by atoms with Crippen molar-refractivity contribution in [3.63, 3.8) is 0 Å². The number of carbonyl (C=O) groups excluding carboxylic acids is 2. The first kappa shape index (κ1) is 19.5. The molecule has 1 heterocycles. The Morgan fingerprint density at radius 3 is 2.86 bits per heavy atom. The average Bonchev–Trinajstić information content (AvgIpc) is 2.67. The van der Waals surface area contributed by atoms with Crippen LogP contribution in [0, 0.1) is 13.8 Å². The fourth-order valence-corrected chi connectivity index (χ4v) is 3.02. The SMILES string of the molecule is C=CCN1C(=O)C(C)Oc2ccc(NC(=O)COc3cccc(C)c3C)cc21. The fourth-order valence-electron chi connectivity index (χ4n) is 3.02. The zero-order chi connectivity index (χ0) is 20.3. The Morgan fingerprint density at radius 2 is 2.11 bits per heavy atom. The van der Waals surface area contributed by atoms with Crippen molar-refractivity contribution in [3.05, 3.63) is 60.2 Å². The van der Waals surface area contributed by atoms with Crippen LogP contribution in [0.25, 0.3) is 0 Å². The molecule has 0 bridgehead atoms. The molecule has 146 valence electrons. The van der Waals surface area contributed by atoms with E-state index in [-0.39, 0.29) is 18.4 Å². The Kier molecular flexibility index (Phi) is 5.68. The lowest BCUT2D eigenvalue weighted by atomic mass is 10.1. The van der Waals surface area contributed by atoms with E-state index in [1.165, 1.54) is 0 Å². The van der Waals surface area contributed by atoms with Crippen molar-refractivity contribution in [2.45, 2.75) is 26.9 Å². The van der Waals surface area contributed by atoms with Gasteiger partial charge in [-0.05, 0) is 56.2 Å². The molecule has 0 fully saturated rings. The summed E-state index contributed by atoms with van der Waals surface area (Å²) in [6.07, 6.45) is 1.10. The predicted molar refractivity (Wildman–Crippen MR) is 109 cm³/mol. The van der Waals surface area contributed by atoms with Gasteiger partial charge >= 0.3 is 0 Å². The standard InChI is InChI=1S/C22H24N2O4/c1-5-11-24-18-12-17(9-10-20(18)28-16(4)22(24)26)23-21(25)13-27-19-8-6-7-14(2)15(19)3/h5-10,12,16H,1,11,13H2,2-4H3,(H,23,25). The van der Waals surface area contributed by atoms with Crippen molar-refractivity contribution in [1.82, 2.24) is 0 Å². The van der Waals surface area contributed by atoms with Gasteiger partial charge in [0.25, 0.3) is 11.8 Å². The molecule has 0 aliphatic carbocycles. The van der Waals surface area contributed by atoms with Gasteiger partial charge in [-0.25, -0.2) is 0 Å². The lowest BCUT2D eigenvalue weighted by molar-refractivity contribution is -0.125. The summed E-state index contributed by atoms with van der Waals surface area (Å²) in [6.45, 7) is 9.63. The fraction of sp³-hybridized carbons (Fsp3) is 0.273. The van der Waals surface area contributed by atoms with E-state index in [0.29, 0.717) is 29.4 Å². The van der Waals surface area contributed by atoms with E-state index in [9.17, 15) is 9.59 Å². The largest absolute Gasteiger partial charge is 0.483 e. The van der Waals surface area contributed by atoms with Gasteiger partial charge in [0.05, 0.1) is 5.69 Å². The molecule has 2 aromatic rings. The first-order chi connectivity index (χ1) is 13.4. The van der Waals surface area contributed by atoms with E-state index in [1.54, 1.807) is 36.1 Å². The van der Waals surface area contributed by atoms with Crippen molar-refractivity contribution in [2.24, 2.45) is 0 Å². The van der Waals surface area contributed by atoms with Crippen molar-refractivity contribution in [1.29, 1.82) is 0 Å². The molecule has 3 rings (SSSR count). The number of nitrogens with one attached hydrogen (secondary N) is 1. The molecule has 0 saturated carbocycles. The summed E-state index contributed by atoms with van der Waals surface area (Å²) in [5.41, 5.74) is 3.28. The number of benzene rings is 2. The Labute approximate surface area is 164 Å². The van der Waals surface area contributed by atoms with Crippen LogP contribution in [0.2, 0.25) is 0 Å². The van der Waals surface area contributed by atoms with Gasteiger partial charge in [0.1, 0.15) is 11.5 Å². The molecule has 1 aliphatic heterocycles. The molecule has 2 aromatic carbocycles. The van der Waals surface area contributed by atoms with Crippen LogP contribution >= 0.6 is 0 Å². The quantitative estimate of drug-likeness (QED) is 0.777. The molecule has 1 atom stereocenters. The van der Waals surface area contributed by atoms with Gasteiger partial charge in [0.2, 0.25) is 0 Å². The van der Waals surface area contributed by atoms with Gasteiger partial charge in [0, 0.05) is 12.2 Å². The van der Waals surface area contributed by atoms with Crippen molar-refractivity contribution in [2.75, 3.05) is 23.4 Å². The highest BCUT2D eigenvalue weighted by atomic mass is 16.5. The monoisotopic (exact) mass is 380 g/mol. The van der Waals surface area contributed by atoms with Crippen LogP contribution in [0.4, 0.5) is 11.4 Å². The Hall–Kier alpha value is -3.28. The minimum Gasteiger partial charge on any atom is -0.483 e. The first-order valence-electron chi connectivity index (χ1n) is 9.12. The number of nitrogens with zero attached hydrogens (tertiary/aromatic N) is 1. The summed E-state index contributed by atoms with van der Waals surface area (Å²) in [7, 11) is 0. The van der Waals surface area contributed by atoms with Gasteiger partial charge in [-0.15, -0.1) is 6.58 Å². The third-order valence-electron chi connectivity index (χ3n) is 4.68. The van der Waals surface area contributed by atoms with Crippen molar-refractivity contribution in [3.8, 4) is 11.5 Å². The molecular weight excluding hydrogens is 356 g/mol. The minimum absolute atomic E-state index is 0.107. The van der Waals surface area contributed by atoms with Gasteiger partial charge < -0.3 is 19.7 Å². The van der Waals surface area contributed by atoms with E-state index in [1.807, 2.05) is 32.0 Å². The van der Waals surface area contributed by atoms with E-state index in [4.69, 9.17) is 9.47 Å². The summed E-state index contributed by atoms with van der Waals surface area (Å²) >= 11 is 0. The average molecular weight is 380 g/mol. The molecule has 6 heteroatoms. The van der Waals surface area contributed by atoms with Crippen molar-refractivity contribution < 1.29 is 19.1 Å². The van der Waals surface area contributed by atoms with Crippen LogP contribution in [0.1, 0.15) is 18.1 Å². The Balaban J connectivity index is 1.71. The summed E-state index contributed by atoms with van der Waals surface area (Å²) in [6, 6.07) is 10.9. The second-order valence-electron chi connectivity index (χ2n) is 6.72. The van der Waals surface area contributed by atoms with E-state index >= 15 is 0 Å². The Bertz CT molecular complexity index is 923. The number of hydrogen-bond acceptors (Lipinski definition) is 4. The zero-order valence-electron chi connectivity index (χ0n) is 16.3. The third kappa shape index (κ3) is 4.01. The summed E-state index contributed by atoms with van der Waals surface area (Å²) in [4.78, 5) is 26.3. The second-order valence-corrected chi connectivity index (χ2v) is 6.72. The maximum Gasteiger partial charge on any atom is 0.268 e. The van der Waals surface area contributed by atoms with Crippen LogP contribution in [-0.4, -0.2) is 31.1 Å². The van der Waals surface area contributed by atoms with Crippen LogP contribution in [0.15, 0.2) is 49.1 Å². The minimum atomic E-state index is -0.557. The van der Waals surface area contributed by atoms with Crippen LogP contribution in [0.5, 0.6) is 11.5 Å². The highest BCUT2D eigenvalue weighted by molar-refractivity contribution is 6.01. The number of aryl methyl sites for hydroxylation is 1. The smallest absolute Gasteiger partial charge is 0.268 e. The lowest BCUT2D eigenvalue weighted by Gasteiger charge is -2.32. The molecule has 0 saturated heterocycles. The number of hydrogen-bond donors (Lipinski definition) is 1. The summed E-state index contributed by atoms with van der Waals surface area (Å²) < 4.78 is 11.3. The molecule has 0 spiro atoms. The molecule has 6 nitrogen and oxygen atoms in total. The van der Waals surface area contributed by atoms with E-state index in [2.05, 4.69) is 11.9 Å². The van der Waals surface area contributed by atoms with Gasteiger partial charge in [-0.3, -0.25) is 9.59 Å². The van der Waals surface area contributed by atoms with Crippen LogP contribution in [0.3, 0.4) is 0 Å². The maximum absolute atomic E-state index is 12.4. The molecule has 1 aliphatic rings. The number of ether oxygens (including phenoxy) is 2. The molecule has 28 heavy (non-hydrogen) atoms. The van der Waals surface area contributed by atoms with E-state index in [0.717, 1.165) is 11.1 Å². The normalized spacial score (nSPS) is 15.5. The van der Waals surface area contributed by atoms with Gasteiger partial charge in [0.15, 0.2) is 12.7 Å². The molecule has 1 unspecified atom stereocenters. The highest BCUT2D eigenvalue weighted by Gasteiger charge is 2.31. The Morgan fingerprint density at radius 1 is 1.32 bits per heavy atom. The molecule has 0 aromatic heterocycles. The van der Waals surface area contributed by atoms with Crippen molar-refractivity contribution >= 4 is 23.2 Å². The van der Waals surface area contributed by atoms with Crippen LogP contribution in [-0.2, 0) is 9.59 Å². The number of anilines is 2. The number of amides is 2. The number of fused-ring (bicyclic) bond motifs is 1. The van der Waals surface area contributed by atoms with E-state index < -0.39 is 6.10 Å². The summed E-state index contributed by atoms with van der Waals surface area (Å²) in [5, 5.41) is 2.80. The second kappa shape index (κ2) is 8.17. The number of rotatable bonds is 6. The molecular formula is C22H24N2O4. The lowest BCUT2D eigenvalue weighted by Crippen LogP contribution is -2.44. The van der Waals surface area contributed by atoms with Gasteiger partial charge in [-0.1, -0.05) is 18.2 Å². The first-order valence-corrected chi connectivity index (χ1v) is 9.12. The topological polar surface area (TPSA) is 67.9 Å². The molecule has 1 N–H and O–H groups in total. The summed E-state index contributed by atoms with van der Waals surface area (Å²) in [5.74, 6) is 0.853. The van der Waals surface area contributed by atoms with Crippen LogP contribution < -0.4 is 19.7 Å². The molecule has 0 radical (unpaired) electrons. The zero-order valence-corrected chi connectivity index (χ0v) is 16.3. The predicted octanol–water partition coefficient (Wildman–Crippen LogP) is 3.62.